The van der Waals surface area contributed by atoms with Crippen molar-refractivity contribution >= 4 is 17.7 Å². The largest absolute Gasteiger partial charge is 0.353 e. The van der Waals surface area contributed by atoms with E-state index in [0.29, 0.717) is 0 Å². The van der Waals surface area contributed by atoms with Gasteiger partial charge in [-0.05, 0) is 32.4 Å². The van der Waals surface area contributed by atoms with Gasteiger partial charge in [-0.2, -0.15) is 0 Å². The summed E-state index contributed by atoms with van der Waals surface area (Å²) in [5.74, 6) is 0.125. The summed E-state index contributed by atoms with van der Waals surface area (Å²) >= 11 is 1.60. The lowest BCUT2D eigenvalue weighted by atomic mass is 10.2. The summed E-state index contributed by atoms with van der Waals surface area (Å²) < 4.78 is 0. The van der Waals surface area contributed by atoms with E-state index in [4.69, 9.17) is 0 Å². The van der Waals surface area contributed by atoms with Crippen molar-refractivity contribution in [1.82, 2.24) is 5.32 Å². The molecule has 3 heteroatoms. The van der Waals surface area contributed by atoms with E-state index in [-0.39, 0.29) is 17.2 Å². The molecule has 0 unspecified atom stereocenters. The Labute approximate surface area is 108 Å². The summed E-state index contributed by atoms with van der Waals surface area (Å²) in [6.07, 6.45) is 2.14. The molecule has 0 spiro atoms. The number of rotatable bonds is 6. The van der Waals surface area contributed by atoms with Crippen molar-refractivity contribution in [2.75, 3.05) is 0 Å². The van der Waals surface area contributed by atoms with E-state index in [1.54, 1.807) is 11.8 Å². The number of nitrogens with one attached hydrogen (secondary N) is 1. The highest BCUT2D eigenvalue weighted by molar-refractivity contribution is 8.00. The van der Waals surface area contributed by atoms with Crippen LogP contribution >= 0.6 is 11.8 Å². The maximum absolute atomic E-state index is 11.9. The normalized spacial score (nSPS) is 14.1. The van der Waals surface area contributed by atoms with Crippen LogP contribution in [0.2, 0.25) is 0 Å². The molecule has 0 aromatic heterocycles. The lowest BCUT2D eigenvalue weighted by molar-refractivity contribution is -0.120. The molecular weight excluding hydrogens is 230 g/mol. The van der Waals surface area contributed by atoms with Crippen LogP contribution in [0.4, 0.5) is 0 Å². The summed E-state index contributed by atoms with van der Waals surface area (Å²) in [5, 5.41) is 3.00. The topological polar surface area (TPSA) is 29.1 Å². The fraction of sp³-hybridized carbons (Fsp3) is 0.500. The van der Waals surface area contributed by atoms with Crippen molar-refractivity contribution in [3.05, 3.63) is 30.3 Å². The van der Waals surface area contributed by atoms with Gasteiger partial charge >= 0.3 is 0 Å². The molecule has 0 saturated carbocycles. The van der Waals surface area contributed by atoms with Gasteiger partial charge < -0.3 is 5.32 Å². The number of carbonyl (C=O) groups excluding carboxylic acids is 1. The number of hydrogen-bond acceptors (Lipinski definition) is 2. The molecule has 0 aliphatic rings. The maximum atomic E-state index is 11.9. The van der Waals surface area contributed by atoms with Crippen molar-refractivity contribution in [2.24, 2.45) is 0 Å². The Morgan fingerprint density at radius 3 is 2.53 bits per heavy atom. The van der Waals surface area contributed by atoms with Crippen LogP contribution in [0.5, 0.6) is 0 Å². The molecule has 0 fully saturated rings. The Hall–Kier alpha value is -0.960. The maximum Gasteiger partial charge on any atom is 0.233 e. The number of amides is 1. The minimum absolute atomic E-state index is 0.0447. The van der Waals surface area contributed by atoms with Gasteiger partial charge in [0.25, 0.3) is 0 Å². The van der Waals surface area contributed by atoms with Crippen LogP contribution in [0.25, 0.3) is 0 Å². The molecule has 17 heavy (non-hydrogen) atoms. The summed E-state index contributed by atoms with van der Waals surface area (Å²) in [7, 11) is 0. The van der Waals surface area contributed by atoms with Crippen LogP contribution in [0, 0.1) is 0 Å². The zero-order valence-electron chi connectivity index (χ0n) is 10.8. The highest BCUT2D eigenvalue weighted by Crippen LogP contribution is 2.22. The average molecular weight is 251 g/mol. The first kappa shape index (κ1) is 14.1. The number of thioether (sulfide) groups is 1. The minimum atomic E-state index is -0.0447. The van der Waals surface area contributed by atoms with Crippen molar-refractivity contribution in [1.29, 1.82) is 0 Å². The fourth-order valence-electron chi connectivity index (χ4n) is 1.62. The van der Waals surface area contributed by atoms with E-state index >= 15 is 0 Å². The minimum Gasteiger partial charge on any atom is -0.353 e. The van der Waals surface area contributed by atoms with Gasteiger partial charge in [-0.15, -0.1) is 11.8 Å². The SMILES string of the molecule is CCC[C@@H](C)NC(=O)[C@@H](C)Sc1ccccc1. The van der Waals surface area contributed by atoms with Gasteiger partial charge in [0.1, 0.15) is 0 Å². The third-order valence-electron chi connectivity index (χ3n) is 2.54. The number of hydrogen-bond donors (Lipinski definition) is 1. The molecule has 0 aliphatic carbocycles. The molecule has 0 heterocycles. The zero-order chi connectivity index (χ0) is 12.7. The molecule has 94 valence electrons. The van der Waals surface area contributed by atoms with Crippen molar-refractivity contribution in [3.8, 4) is 0 Å². The van der Waals surface area contributed by atoms with Gasteiger partial charge in [0.2, 0.25) is 5.91 Å². The molecule has 1 rings (SSSR count). The van der Waals surface area contributed by atoms with Gasteiger partial charge in [-0.3, -0.25) is 4.79 Å². The molecule has 1 aromatic rings. The van der Waals surface area contributed by atoms with E-state index in [1.165, 1.54) is 0 Å². The summed E-state index contributed by atoms with van der Waals surface area (Å²) in [6.45, 7) is 6.14. The third-order valence-corrected chi connectivity index (χ3v) is 3.65. The monoisotopic (exact) mass is 251 g/mol. The molecule has 1 N–H and O–H groups in total. The second-order valence-electron chi connectivity index (χ2n) is 4.27. The zero-order valence-corrected chi connectivity index (χ0v) is 11.6. The van der Waals surface area contributed by atoms with Crippen molar-refractivity contribution in [2.45, 2.75) is 49.8 Å². The highest BCUT2D eigenvalue weighted by Gasteiger charge is 2.15. The van der Waals surface area contributed by atoms with E-state index < -0.39 is 0 Å². The Balaban J connectivity index is 2.42. The van der Waals surface area contributed by atoms with E-state index in [2.05, 4.69) is 19.2 Å². The molecule has 0 aliphatic heterocycles. The quantitative estimate of drug-likeness (QED) is 0.784. The van der Waals surface area contributed by atoms with Gasteiger partial charge in [0.15, 0.2) is 0 Å². The predicted octanol–water partition coefficient (Wildman–Crippen LogP) is 3.47. The van der Waals surface area contributed by atoms with Gasteiger partial charge in [-0.1, -0.05) is 31.5 Å². The molecule has 0 saturated heterocycles. The van der Waals surface area contributed by atoms with Crippen LogP contribution in [0.15, 0.2) is 35.2 Å². The van der Waals surface area contributed by atoms with E-state index in [1.807, 2.05) is 37.3 Å². The molecule has 1 aromatic carbocycles. The first-order chi connectivity index (χ1) is 8.13. The first-order valence-corrected chi connectivity index (χ1v) is 7.03. The van der Waals surface area contributed by atoms with Crippen LogP contribution in [0.1, 0.15) is 33.6 Å². The fourth-order valence-corrected chi connectivity index (χ4v) is 2.52. The van der Waals surface area contributed by atoms with Crippen LogP contribution in [0.3, 0.4) is 0 Å². The molecule has 0 radical (unpaired) electrons. The van der Waals surface area contributed by atoms with E-state index in [0.717, 1.165) is 17.7 Å². The summed E-state index contributed by atoms with van der Waals surface area (Å²) in [4.78, 5) is 13.0. The average Bonchev–Trinajstić information content (AvgIpc) is 2.30. The van der Waals surface area contributed by atoms with Crippen LogP contribution in [-0.4, -0.2) is 17.2 Å². The second-order valence-corrected chi connectivity index (χ2v) is 5.69. The van der Waals surface area contributed by atoms with Gasteiger partial charge in [0.05, 0.1) is 5.25 Å². The van der Waals surface area contributed by atoms with Crippen LogP contribution in [-0.2, 0) is 4.79 Å². The van der Waals surface area contributed by atoms with E-state index in [9.17, 15) is 4.79 Å². The lowest BCUT2D eigenvalue weighted by Crippen LogP contribution is -2.37. The first-order valence-electron chi connectivity index (χ1n) is 6.15. The third kappa shape index (κ3) is 5.26. The molecular formula is C14H21NOS. The Morgan fingerprint density at radius 1 is 1.29 bits per heavy atom. The Morgan fingerprint density at radius 2 is 1.94 bits per heavy atom. The standard InChI is InChI=1S/C14H21NOS/c1-4-8-11(2)15-14(16)12(3)17-13-9-6-5-7-10-13/h5-7,9-12H,4,8H2,1-3H3,(H,15,16)/t11-,12-/m1/s1. The Kier molecular flexibility index (Phi) is 6.12. The molecule has 1 amide bonds. The lowest BCUT2D eigenvalue weighted by Gasteiger charge is -2.16. The van der Waals surface area contributed by atoms with Gasteiger partial charge in [-0.25, -0.2) is 0 Å². The highest BCUT2D eigenvalue weighted by atomic mass is 32.2. The van der Waals surface area contributed by atoms with Gasteiger partial charge in [0, 0.05) is 10.9 Å². The number of benzene rings is 1. The molecule has 2 nitrogen and oxygen atoms in total. The van der Waals surface area contributed by atoms with Crippen molar-refractivity contribution < 1.29 is 4.79 Å². The second kappa shape index (κ2) is 7.38. The Bertz CT molecular complexity index is 339. The number of carbonyl (C=O) groups is 1. The smallest absolute Gasteiger partial charge is 0.233 e. The molecule has 0 bridgehead atoms. The molecule has 2 atom stereocenters. The van der Waals surface area contributed by atoms with Crippen molar-refractivity contribution in [3.63, 3.8) is 0 Å². The van der Waals surface area contributed by atoms with Crippen LogP contribution < -0.4 is 5.32 Å². The summed E-state index contributed by atoms with van der Waals surface area (Å²) in [6, 6.07) is 10.3. The summed E-state index contributed by atoms with van der Waals surface area (Å²) in [5.41, 5.74) is 0. The predicted molar refractivity (Wildman–Crippen MR) is 74.3 cm³/mol.